The van der Waals surface area contributed by atoms with Crippen molar-refractivity contribution < 1.29 is 14.4 Å². The molecule has 1 aromatic rings. The zero-order valence-corrected chi connectivity index (χ0v) is 11.4. The average molecular weight is 280 g/mol. The number of tetrazole rings is 1. The molecule has 0 radical (unpaired) electrons. The number of hydrogen-bond acceptors (Lipinski definition) is 6. The summed E-state index contributed by atoms with van der Waals surface area (Å²) in [5.41, 5.74) is 0. The number of urea groups is 1. The Morgan fingerprint density at radius 1 is 1.05 bits per heavy atom. The molecule has 0 unspecified atom stereocenters. The van der Waals surface area contributed by atoms with Crippen molar-refractivity contribution in [2.45, 2.75) is 39.8 Å². The molecule has 1 aliphatic rings. The summed E-state index contributed by atoms with van der Waals surface area (Å²) in [4.78, 5) is 37.1. The second-order valence-corrected chi connectivity index (χ2v) is 4.40. The Bertz CT molecular complexity index is 540. The quantitative estimate of drug-likeness (QED) is 0.527. The highest BCUT2D eigenvalue weighted by atomic mass is 16.2. The van der Waals surface area contributed by atoms with E-state index in [2.05, 4.69) is 15.5 Å². The molecule has 2 heterocycles. The molecule has 0 atom stereocenters. The number of imide groups is 2. The van der Waals surface area contributed by atoms with Crippen LogP contribution in [-0.4, -0.2) is 54.4 Å². The van der Waals surface area contributed by atoms with Gasteiger partial charge in [-0.2, -0.15) is 0 Å². The van der Waals surface area contributed by atoms with Gasteiger partial charge in [0.05, 0.1) is 6.54 Å². The molecule has 0 bridgehead atoms. The van der Waals surface area contributed by atoms with Crippen LogP contribution >= 0.6 is 0 Å². The Labute approximate surface area is 115 Å². The fourth-order valence-electron chi connectivity index (χ4n) is 1.93. The summed E-state index contributed by atoms with van der Waals surface area (Å²) >= 11 is 0. The maximum Gasteiger partial charge on any atom is 0.334 e. The normalized spacial score (nSPS) is 15.6. The Kier molecular flexibility index (Phi) is 4.06. The van der Waals surface area contributed by atoms with E-state index >= 15 is 0 Å². The fraction of sp³-hybridized carbons (Fsp3) is 0.636. The van der Waals surface area contributed by atoms with Gasteiger partial charge in [-0.1, -0.05) is 13.3 Å². The van der Waals surface area contributed by atoms with Crippen molar-refractivity contribution in [2.24, 2.45) is 0 Å². The molecule has 0 N–H and O–H groups in total. The first kappa shape index (κ1) is 14.1. The predicted molar refractivity (Wildman–Crippen MR) is 66.1 cm³/mol. The molecule has 0 aromatic carbocycles. The van der Waals surface area contributed by atoms with Crippen molar-refractivity contribution in [1.29, 1.82) is 0 Å². The highest BCUT2D eigenvalue weighted by molar-refractivity contribution is 6.44. The summed E-state index contributed by atoms with van der Waals surface area (Å²) in [5.74, 6) is -1.24. The van der Waals surface area contributed by atoms with Gasteiger partial charge >= 0.3 is 17.8 Å². The molecule has 1 aliphatic heterocycles. The predicted octanol–water partition coefficient (Wildman–Crippen LogP) is -0.216. The summed E-state index contributed by atoms with van der Waals surface area (Å²) in [7, 11) is 0. The van der Waals surface area contributed by atoms with Crippen LogP contribution in [0.4, 0.5) is 4.79 Å². The van der Waals surface area contributed by atoms with E-state index in [4.69, 9.17) is 0 Å². The number of nitrogens with zero attached hydrogens (tertiary/aromatic N) is 6. The van der Waals surface area contributed by atoms with Crippen LogP contribution in [0.5, 0.6) is 0 Å². The van der Waals surface area contributed by atoms with E-state index in [0.29, 0.717) is 12.4 Å². The van der Waals surface area contributed by atoms with Crippen LogP contribution in [0.3, 0.4) is 0 Å². The summed E-state index contributed by atoms with van der Waals surface area (Å²) in [6.45, 7) is 4.37. The topological polar surface area (TPSA) is 101 Å². The van der Waals surface area contributed by atoms with Gasteiger partial charge in [0, 0.05) is 13.1 Å². The second kappa shape index (κ2) is 5.76. The molecule has 0 saturated carbocycles. The van der Waals surface area contributed by atoms with Crippen molar-refractivity contribution in [3.8, 4) is 0 Å². The first-order valence-corrected chi connectivity index (χ1v) is 6.52. The maximum atomic E-state index is 11.9. The van der Waals surface area contributed by atoms with Gasteiger partial charge in [-0.3, -0.25) is 14.5 Å². The Morgan fingerprint density at radius 2 is 1.75 bits per heavy atom. The fourth-order valence-corrected chi connectivity index (χ4v) is 1.93. The number of likely N-dealkylation sites (N-methyl/N-ethyl adjacent to an activating group) is 1. The highest BCUT2D eigenvalue weighted by Gasteiger charge is 2.44. The molecule has 9 nitrogen and oxygen atoms in total. The van der Waals surface area contributed by atoms with Gasteiger partial charge in [-0.05, 0) is 23.8 Å². The van der Waals surface area contributed by atoms with Crippen LogP contribution in [0.2, 0.25) is 0 Å². The zero-order valence-electron chi connectivity index (χ0n) is 11.4. The summed E-state index contributed by atoms with van der Waals surface area (Å²) in [6, 6.07) is -0.618. The number of rotatable bonds is 6. The van der Waals surface area contributed by atoms with E-state index in [1.165, 1.54) is 0 Å². The molecule has 4 amide bonds. The van der Waals surface area contributed by atoms with E-state index in [9.17, 15) is 14.4 Å². The standard InChI is InChI=1S/C11H16N6O3/c1-3-5-6-17-8(12-13-14-17)7-16-10(19)9(18)15(4-2)11(16)20/h3-7H2,1-2H3. The molecular formula is C11H16N6O3. The van der Waals surface area contributed by atoms with Gasteiger partial charge in [-0.25, -0.2) is 14.4 Å². The van der Waals surface area contributed by atoms with Crippen molar-refractivity contribution in [3.63, 3.8) is 0 Å². The molecule has 0 aliphatic carbocycles. The lowest BCUT2D eigenvalue weighted by Crippen LogP contribution is -2.33. The van der Waals surface area contributed by atoms with Gasteiger partial charge in [0.25, 0.3) is 0 Å². The molecule has 20 heavy (non-hydrogen) atoms. The Hall–Kier alpha value is -2.32. The second-order valence-electron chi connectivity index (χ2n) is 4.40. The SMILES string of the molecule is CCCCn1nnnc1CN1C(=O)C(=O)N(CC)C1=O. The van der Waals surface area contributed by atoms with Crippen LogP contribution in [0.25, 0.3) is 0 Å². The molecule has 1 saturated heterocycles. The monoisotopic (exact) mass is 280 g/mol. The number of carbonyl (C=O) groups is 3. The molecule has 108 valence electrons. The first-order chi connectivity index (χ1) is 9.60. The third kappa shape index (κ3) is 2.38. The maximum absolute atomic E-state index is 11.9. The van der Waals surface area contributed by atoms with Crippen LogP contribution < -0.4 is 0 Å². The van der Waals surface area contributed by atoms with E-state index in [1.807, 2.05) is 6.92 Å². The van der Waals surface area contributed by atoms with Gasteiger partial charge in [0.15, 0.2) is 5.82 Å². The number of unbranched alkanes of at least 4 members (excludes halogenated alkanes) is 1. The smallest absolute Gasteiger partial charge is 0.263 e. The Morgan fingerprint density at radius 3 is 2.35 bits per heavy atom. The largest absolute Gasteiger partial charge is 0.334 e. The van der Waals surface area contributed by atoms with Gasteiger partial charge in [0.1, 0.15) is 0 Å². The summed E-state index contributed by atoms with van der Waals surface area (Å²) < 4.78 is 1.54. The summed E-state index contributed by atoms with van der Waals surface area (Å²) in [6.07, 6.45) is 1.86. The minimum absolute atomic E-state index is 0.0867. The number of amides is 4. The number of aromatic nitrogens is 4. The van der Waals surface area contributed by atoms with Crippen LogP contribution in [-0.2, 0) is 22.7 Å². The van der Waals surface area contributed by atoms with E-state index in [0.717, 1.165) is 22.6 Å². The van der Waals surface area contributed by atoms with Crippen LogP contribution in [0.1, 0.15) is 32.5 Å². The minimum atomic E-state index is -0.832. The molecule has 1 aromatic heterocycles. The average Bonchev–Trinajstić information content (AvgIpc) is 2.96. The van der Waals surface area contributed by atoms with E-state index < -0.39 is 17.8 Å². The third-order valence-corrected chi connectivity index (χ3v) is 3.08. The van der Waals surface area contributed by atoms with E-state index in [-0.39, 0.29) is 13.1 Å². The van der Waals surface area contributed by atoms with Crippen molar-refractivity contribution in [1.82, 2.24) is 30.0 Å². The molecule has 0 spiro atoms. The molecule has 1 fully saturated rings. The van der Waals surface area contributed by atoms with Gasteiger partial charge in [-0.15, -0.1) is 5.10 Å². The lowest BCUT2D eigenvalue weighted by atomic mass is 10.3. The molecular weight excluding hydrogens is 264 g/mol. The third-order valence-electron chi connectivity index (χ3n) is 3.08. The van der Waals surface area contributed by atoms with Gasteiger partial charge < -0.3 is 0 Å². The highest BCUT2D eigenvalue weighted by Crippen LogP contribution is 2.14. The molecule has 2 rings (SSSR count). The minimum Gasteiger partial charge on any atom is -0.263 e. The number of carbonyl (C=O) groups excluding carboxylic acids is 3. The van der Waals surface area contributed by atoms with Crippen molar-refractivity contribution in [3.05, 3.63) is 5.82 Å². The van der Waals surface area contributed by atoms with E-state index in [1.54, 1.807) is 11.6 Å². The van der Waals surface area contributed by atoms with Crippen molar-refractivity contribution in [2.75, 3.05) is 6.54 Å². The Balaban J connectivity index is 2.14. The van der Waals surface area contributed by atoms with Crippen LogP contribution in [0.15, 0.2) is 0 Å². The van der Waals surface area contributed by atoms with Crippen LogP contribution in [0, 0.1) is 0 Å². The number of hydrogen-bond donors (Lipinski definition) is 0. The lowest BCUT2D eigenvalue weighted by Gasteiger charge is -2.13. The molecule has 9 heteroatoms. The summed E-state index contributed by atoms with van der Waals surface area (Å²) in [5, 5.41) is 11.2. The van der Waals surface area contributed by atoms with Gasteiger partial charge in [0.2, 0.25) is 0 Å². The van der Waals surface area contributed by atoms with Crippen molar-refractivity contribution >= 4 is 17.8 Å². The lowest BCUT2D eigenvalue weighted by molar-refractivity contribution is -0.143. The number of aryl methyl sites for hydroxylation is 1. The first-order valence-electron chi connectivity index (χ1n) is 6.52. The zero-order chi connectivity index (χ0) is 14.7.